The molecule has 27 heavy (non-hydrogen) atoms. The number of morpholine rings is 2. The lowest BCUT2D eigenvalue weighted by atomic mass is 10.2. The van der Waals surface area contributed by atoms with Crippen molar-refractivity contribution in [2.24, 2.45) is 0 Å². The van der Waals surface area contributed by atoms with E-state index < -0.39 is 10.0 Å². The molecule has 9 nitrogen and oxygen atoms in total. The molecule has 0 aliphatic carbocycles. The minimum atomic E-state index is -3.75. The Morgan fingerprint density at radius 1 is 1.30 bits per heavy atom. The fourth-order valence-corrected chi connectivity index (χ4v) is 4.66. The molecule has 1 aromatic rings. The Labute approximate surface area is 159 Å². The molecular formula is C17H25N3O6S. The molecule has 3 rings (SSSR count). The van der Waals surface area contributed by atoms with E-state index in [9.17, 15) is 13.2 Å². The van der Waals surface area contributed by atoms with Gasteiger partial charge in [0, 0.05) is 37.8 Å². The number of amides is 1. The van der Waals surface area contributed by atoms with Crippen molar-refractivity contribution in [3.63, 3.8) is 0 Å². The summed E-state index contributed by atoms with van der Waals surface area (Å²) in [5.74, 6) is 0.0275. The van der Waals surface area contributed by atoms with Crippen LogP contribution in [-0.4, -0.2) is 77.8 Å². The zero-order valence-electron chi connectivity index (χ0n) is 15.3. The summed E-state index contributed by atoms with van der Waals surface area (Å²) >= 11 is 0. The fourth-order valence-electron chi connectivity index (χ4n) is 3.07. The maximum absolute atomic E-state index is 13.0. The van der Waals surface area contributed by atoms with Gasteiger partial charge in [0.1, 0.15) is 10.6 Å². The molecular weight excluding hydrogens is 374 g/mol. The van der Waals surface area contributed by atoms with Crippen LogP contribution in [-0.2, 0) is 24.3 Å². The maximum atomic E-state index is 13.0. The standard InChI is InChI=1S/C17H25N3O6S/c1-24-15-3-2-13(19-17(21)11-14-12-26-7-4-18-14)10-16(15)27(22,23)20-5-8-25-9-6-20/h2-3,10,14,18H,4-9,11-12H2,1H3,(H,19,21). The lowest BCUT2D eigenvalue weighted by molar-refractivity contribution is -0.117. The van der Waals surface area contributed by atoms with Crippen LogP contribution in [0.15, 0.2) is 23.1 Å². The van der Waals surface area contributed by atoms with E-state index in [1.807, 2.05) is 0 Å². The number of hydrogen-bond acceptors (Lipinski definition) is 7. The van der Waals surface area contributed by atoms with E-state index in [2.05, 4.69) is 10.6 Å². The summed E-state index contributed by atoms with van der Waals surface area (Å²) in [7, 11) is -2.33. The number of nitrogens with zero attached hydrogens (tertiary/aromatic N) is 1. The van der Waals surface area contributed by atoms with E-state index in [0.717, 1.165) is 0 Å². The van der Waals surface area contributed by atoms with Crippen LogP contribution in [0.3, 0.4) is 0 Å². The number of carbonyl (C=O) groups excluding carboxylic acids is 1. The average molecular weight is 399 g/mol. The van der Waals surface area contributed by atoms with E-state index in [1.165, 1.54) is 17.5 Å². The minimum Gasteiger partial charge on any atom is -0.495 e. The number of nitrogens with one attached hydrogen (secondary N) is 2. The van der Waals surface area contributed by atoms with Crippen molar-refractivity contribution < 1.29 is 27.4 Å². The van der Waals surface area contributed by atoms with Crippen LogP contribution in [0.25, 0.3) is 0 Å². The molecule has 0 radical (unpaired) electrons. The number of methoxy groups -OCH3 is 1. The SMILES string of the molecule is COc1ccc(NC(=O)CC2COCCN2)cc1S(=O)(=O)N1CCOCC1. The molecule has 2 N–H and O–H groups in total. The molecule has 1 amide bonds. The van der Waals surface area contributed by atoms with Gasteiger partial charge in [0.15, 0.2) is 0 Å². The number of hydrogen-bond donors (Lipinski definition) is 2. The quantitative estimate of drug-likeness (QED) is 0.695. The van der Waals surface area contributed by atoms with Crippen molar-refractivity contribution in [1.82, 2.24) is 9.62 Å². The Morgan fingerprint density at radius 2 is 2.07 bits per heavy atom. The number of benzene rings is 1. The summed E-state index contributed by atoms with van der Waals surface area (Å²) in [5, 5.41) is 5.97. The van der Waals surface area contributed by atoms with Crippen molar-refractivity contribution in [2.45, 2.75) is 17.4 Å². The molecule has 1 atom stereocenters. The smallest absolute Gasteiger partial charge is 0.246 e. The molecule has 2 fully saturated rings. The summed E-state index contributed by atoms with van der Waals surface area (Å²) in [6.45, 7) is 3.11. The van der Waals surface area contributed by atoms with Crippen molar-refractivity contribution in [1.29, 1.82) is 0 Å². The van der Waals surface area contributed by atoms with Crippen LogP contribution in [0.4, 0.5) is 5.69 Å². The topological polar surface area (TPSA) is 106 Å². The van der Waals surface area contributed by atoms with Gasteiger partial charge in [0.05, 0.1) is 33.5 Å². The van der Waals surface area contributed by atoms with Gasteiger partial charge in [0.2, 0.25) is 15.9 Å². The molecule has 1 unspecified atom stereocenters. The third kappa shape index (κ3) is 4.96. The van der Waals surface area contributed by atoms with Crippen molar-refractivity contribution >= 4 is 21.6 Å². The van der Waals surface area contributed by atoms with Gasteiger partial charge >= 0.3 is 0 Å². The molecule has 2 saturated heterocycles. The van der Waals surface area contributed by atoms with E-state index in [0.29, 0.717) is 38.7 Å². The number of anilines is 1. The number of ether oxygens (including phenoxy) is 3. The molecule has 0 bridgehead atoms. The summed E-state index contributed by atoms with van der Waals surface area (Å²) in [4.78, 5) is 12.3. The molecule has 2 aliphatic rings. The number of carbonyl (C=O) groups is 1. The van der Waals surface area contributed by atoms with Gasteiger partial charge in [-0.15, -0.1) is 0 Å². The highest BCUT2D eigenvalue weighted by molar-refractivity contribution is 7.89. The third-order valence-electron chi connectivity index (χ3n) is 4.47. The molecule has 150 valence electrons. The van der Waals surface area contributed by atoms with Crippen LogP contribution in [0.2, 0.25) is 0 Å². The highest BCUT2D eigenvalue weighted by atomic mass is 32.2. The lowest BCUT2D eigenvalue weighted by Crippen LogP contribution is -2.43. The zero-order valence-corrected chi connectivity index (χ0v) is 16.1. The van der Waals surface area contributed by atoms with Crippen molar-refractivity contribution in [3.8, 4) is 5.75 Å². The third-order valence-corrected chi connectivity index (χ3v) is 6.39. The van der Waals surface area contributed by atoms with E-state index >= 15 is 0 Å². The van der Waals surface area contributed by atoms with Gasteiger partial charge in [-0.05, 0) is 18.2 Å². The summed E-state index contributed by atoms with van der Waals surface area (Å²) < 4.78 is 43.1. The van der Waals surface area contributed by atoms with Crippen LogP contribution in [0.5, 0.6) is 5.75 Å². The van der Waals surface area contributed by atoms with Crippen LogP contribution in [0, 0.1) is 0 Å². The monoisotopic (exact) mass is 399 g/mol. The average Bonchev–Trinajstić information content (AvgIpc) is 2.69. The maximum Gasteiger partial charge on any atom is 0.246 e. The molecule has 1 aromatic carbocycles. The molecule has 0 saturated carbocycles. The first-order valence-electron chi connectivity index (χ1n) is 8.87. The van der Waals surface area contributed by atoms with Crippen LogP contribution >= 0.6 is 0 Å². The van der Waals surface area contributed by atoms with Crippen molar-refractivity contribution in [2.75, 3.05) is 58.5 Å². The first kappa shape index (κ1) is 20.0. The largest absolute Gasteiger partial charge is 0.495 e. The fraction of sp³-hybridized carbons (Fsp3) is 0.588. The minimum absolute atomic E-state index is 0.0313. The van der Waals surface area contributed by atoms with Crippen LogP contribution in [0.1, 0.15) is 6.42 Å². The summed E-state index contributed by atoms with van der Waals surface area (Å²) in [6.07, 6.45) is 0.248. The molecule has 2 heterocycles. The van der Waals surface area contributed by atoms with Gasteiger partial charge in [0.25, 0.3) is 0 Å². The number of rotatable bonds is 6. The normalized spacial score (nSPS) is 21.6. The van der Waals surface area contributed by atoms with Crippen LogP contribution < -0.4 is 15.4 Å². The molecule has 0 aromatic heterocycles. The Balaban J connectivity index is 1.75. The first-order valence-corrected chi connectivity index (χ1v) is 10.3. The van der Waals surface area contributed by atoms with E-state index in [1.54, 1.807) is 12.1 Å². The molecule has 10 heteroatoms. The second-order valence-corrected chi connectivity index (χ2v) is 8.27. The van der Waals surface area contributed by atoms with Gasteiger partial charge in [-0.2, -0.15) is 4.31 Å². The second kappa shape index (κ2) is 8.98. The Morgan fingerprint density at radius 3 is 2.74 bits per heavy atom. The Bertz CT molecular complexity index is 758. The molecule has 2 aliphatic heterocycles. The predicted molar refractivity (Wildman–Crippen MR) is 98.4 cm³/mol. The van der Waals surface area contributed by atoms with Gasteiger partial charge in [-0.25, -0.2) is 8.42 Å². The summed E-state index contributed by atoms with van der Waals surface area (Å²) in [6, 6.07) is 4.56. The lowest BCUT2D eigenvalue weighted by Gasteiger charge is -2.27. The number of sulfonamides is 1. The predicted octanol–water partition coefficient (Wildman–Crippen LogP) is 0.0331. The first-order chi connectivity index (χ1) is 13.0. The van der Waals surface area contributed by atoms with E-state index in [4.69, 9.17) is 14.2 Å². The highest BCUT2D eigenvalue weighted by Crippen LogP contribution is 2.30. The second-order valence-electron chi connectivity index (χ2n) is 6.36. The van der Waals surface area contributed by atoms with Crippen molar-refractivity contribution in [3.05, 3.63) is 18.2 Å². The molecule has 0 spiro atoms. The van der Waals surface area contributed by atoms with Gasteiger partial charge in [-0.3, -0.25) is 4.79 Å². The zero-order chi connectivity index (χ0) is 19.3. The Kier molecular flexibility index (Phi) is 6.66. The Hall–Kier alpha value is -1.72. The van der Waals surface area contributed by atoms with Gasteiger partial charge in [-0.1, -0.05) is 0 Å². The van der Waals surface area contributed by atoms with Gasteiger partial charge < -0.3 is 24.8 Å². The van der Waals surface area contributed by atoms with E-state index in [-0.39, 0.29) is 42.1 Å². The summed E-state index contributed by atoms with van der Waals surface area (Å²) in [5.41, 5.74) is 0.407. The highest BCUT2D eigenvalue weighted by Gasteiger charge is 2.29.